The maximum atomic E-state index is 12.2. The number of piperidine rings is 1. The van der Waals surface area contributed by atoms with E-state index in [9.17, 15) is 14.4 Å². The van der Waals surface area contributed by atoms with Crippen molar-refractivity contribution in [3.8, 4) is 0 Å². The Balaban J connectivity index is 1.77. The number of hydrogen-bond acceptors (Lipinski definition) is 6. The first-order chi connectivity index (χ1) is 12.5. The molecular formula is C19H26N2O5. The highest BCUT2D eigenvalue weighted by molar-refractivity contribution is 5.89. The van der Waals surface area contributed by atoms with Crippen molar-refractivity contribution < 1.29 is 23.9 Å². The van der Waals surface area contributed by atoms with E-state index < -0.39 is 0 Å². The zero-order valence-electron chi connectivity index (χ0n) is 15.3. The molecule has 0 aliphatic carbocycles. The highest BCUT2D eigenvalue weighted by Gasteiger charge is 2.27. The summed E-state index contributed by atoms with van der Waals surface area (Å²) in [4.78, 5) is 37.4. The number of benzene rings is 1. The summed E-state index contributed by atoms with van der Waals surface area (Å²) in [5.74, 6) is -0.806. The van der Waals surface area contributed by atoms with Crippen LogP contribution in [0.15, 0.2) is 24.3 Å². The zero-order valence-corrected chi connectivity index (χ0v) is 15.3. The van der Waals surface area contributed by atoms with Crippen LogP contribution in [0.5, 0.6) is 0 Å². The van der Waals surface area contributed by atoms with Gasteiger partial charge in [-0.3, -0.25) is 14.5 Å². The number of methoxy groups -OCH3 is 1. The molecule has 2 rings (SSSR count). The van der Waals surface area contributed by atoms with E-state index in [0.717, 1.165) is 24.9 Å². The van der Waals surface area contributed by atoms with E-state index in [1.54, 1.807) is 31.2 Å². The third-order valence-electron chi connectivity index (χ3n) is 4.36. The Kier molecular flexibility index (Phi) is 7.59. The van der Waals surface area contributed by atoms with Gasteiger partial charge in [0.15, 0.2) is 0 Å². The number of rotatable bonds is 7. The summed E-state index contributed by atoms with van der Waals surface area (Å²) in [5, 5.41) is 2.87. The molecule has 1 aliphatic rings. The number of amides is 1. The lowest BCUT2D eigenvalue weighted by atomic mass is 9.98. The predicted octanol–water partition coefficient (Wildman–Crippen LogP) is 1.36. The molecule has 0 radical (unpaired) electrons. The average molecular weight is 362 g/mol. The van der Waals surface area contributed by atoms with Crippen LogP contribution in [0.4, 0.5) is 0 Å². The molecule has 26 heavy (non-hydrogen) atoms. The molecule has 7 heteroatoms. The Morgan fingerprint density at radius 1 is 1.23 bits per heavy atom. The third kappa shape index (κ3) is 5.84. The van der Waals surface area contributed by atoms with E-state index >= 15 is 0 Å². The highest BCUT2D eigenvalue weighted by Crippen LogP contribution is 2.17. The van der Waals surface area contributed by atoms with E-state index in [4.69, 9.17) is 4.74 Å². The molecule has 0 bridgehead atoms. The smallest absolute Gasteiger partial charge is 0.337 e. The van der Waals surface area contributed by atoms with Gasteiger partial charge in [0, 0.05) is 13.1 Å². The van der Waals surface area contributed by atoms with Crippen LogP contribution >= 0.6 is 0 Å². The largest absolute Gasteiger partial charge is 0.466 e. The molecule has 1 amide bonds. The van der Waals surface area contributed by atoms with Gasteiger partial charge in [0.05, 0.1) is 31.7 Å². The summed E-state index contributed by atoms with van der Waals surface area (Å²) >= 11 is 0. The van der Waals surface area contributed by atoms with Gasteiger partial charge < -0.3 is 14.8 Å². The number of nitrogens with one attached hydrogen (secondary N) is 1. The average Bonchev–Trinajstić information content (AvgIpc) is 2.66. The second-order valence-electron chi connectivity index (χ2n) is 6.29. The first-order valence-corrected chi connectivity index (χ1v) is 8.86. The fourth-order valence-corrected chi connectivity index (χ4v) is 2.99. The van der Waals surface area contributed by atoms with Gasteiger partial charge in [-0.1, -0.05) is 12.1 Å². The lowest BCUT2D eigenvalue weighted by molar-refractivity contribution is -0.150. The quantitative estimate of drug-likeness (QED) is 0.738. The second kappa shape index (κ2) is 9.91. The van der Waals surface area contributed by atoms with Gasteiger partial charge in [-0.15, -0.1) is 0 Å². The number of carbonyl (C=O) groups is 3. The molecule has 142 valence electrons. The molecule has 1 saturated heterocycles. The van der Waals surface area contributed by atoms with Crippen molar-refractivity contribution in [2.24, 2.45) is 5.92 Å². The van der Waals surface area contributed by atoms with E-state index in [0.29, 0.717) is 25.3 Å². The molecule has 0 saturated carbocycles. The molecule has 1 aliphatic heterocycles. The minimum absolute atomic E-state index is 0.0912. The van der Waals surface area contributed by atoms with E-state index in [1.165, 1.54) is 7.11 Å². The van der Waals surface area contributed by atoms with Crippen LogP contribution in [0.1, 0.15) is 35.7 Å². The molecule has 1 heterocycles. The normalized spacial score (nSPS) is 17.4. The minimum atomic E-state index is -0.387. The summed E-state index contributed by atoms with van der Waals surface area (Å²) in [7, 11) is 1.34. The summed E-state index contributed by atoms with van der Waals surface area (Å²) in [6.45, 7) is 4.18. The zero-order chi connectivity index (χ0) is 18.9. The van der Waals surface area contributed by atoms with Crippen LogP contribution in [-0.4, -0.2) is 56.1 Å². The molecule has 7 nitrogen and oxygen atoms in total. The van der Waals surface area contributed by atoms with Gasteiger partial charge in [0.2, 0.25) is 5.91 Å². The van der Waals surface area contributed by atoms with Gasteiger partial charge in [0.1, 0.15) is 0 Å². The van der Waals surface area contributed by atoms with Crippen LogP contribution in [-0.2, 0) is 25.6 Å². The molecule has 1 atom stereocenters. The molecule has 0 unspecified atom stereocenters. The fraction of sp³-hybridized carbons (Fsp3) is 0.526. The Bertz CT molecular complexity index is 629. The van der Waals surface area contributed by atoms with Crippen LogP contribution in [0.2, 0.25) is 0 Å². The predicted molar refractivity (Wildman–Crippen MR) is 95.4 cm³/mol. The number of esters is 2. The highest BCUT2D eigenvalue weighted by atomic mass is 16.5. The molecule has 1 N–H and O–H groups in total. The maximum Gasteiger partial charge on any atom is 0.337 e. The van der Waals surface area contributed by atoms with Crippen LogP contribution in [0.25, 0.3) is 0 Å². The lowest BCUT2D eigenvalue weighted by Crippen LogP contribution is -2.44. The summed E-state index contributed by atoms with van der Waals surface area (Å²) in [6, 6.07) is 6.90. The Labute approximate surface area is 153 Å². The van der Waals surface area contributed by atoms with Crippen molar-refractivity contribution >= 4 is 17.8 Å². The van der Waals surface area contributed by atoms with Crippen molar-refractivity contribution in [1.29, 1.82) is 0 Å². The summed E-state index contributed by atoms with van der Waals surface area (Å²) < 4.78 is 9.73. The third-order valence-corrected chi connectivity index (χ3v) is 4.36. The number of ether oxygens (including phenoxy) is 2. The van der Waals surface area contributed by atoms with Crippen molar-refractivity contribution in [1.82, 2.24) is 10.2 Å². The lowest BCUT2D eigenvalue weighted by Gasteiger charge is -2.30. The van der Waals surface area contributed by atoms with Gasteiger partial charge in [-0.25, -0.2) is 4.79 Å². The summed E-state index contributed by atoms with van der Waals surface area (Å²) in [5.41, 5.74) is 1.37. The Morgan fingerprint density at radius 2 is 1.96 bits per heavy atom. The SMILES string of the molecule is CCOC(=O)[C@@H]1CCCN(CC(=O)NCc2ccc(C(=O)OC)cc2)C1. The Morgan fingerprint density at radius 3 is 2.62 bits per heavy atom. The second-order valence-corrected chi connectivity index (χ2v) is 6.29. The molecular weight excluding hydrogens is 336 g/mol. The van der Waals surface area contributed by atoms with Gasteiger partial charge >= 0.3 is 11.9 Å². The maximum absolute atomic E-state index is 12.2. The topological polar surface area (TPSA) is 84.9 Å². The van der Waals surface area contributed by atoms with Crippen molar-refractivity contribution in [3.63, 3.8) is 0 Å². The molecule has 0 aromatic heterocycles. The van der Waals surface area contributed by atoms with Crippen LogP contribution in [0, 0.1) is 5.92 Å². The first kappa shape index (κ1) is 19.9. The van der Waals surface area contributed by atoms with E-state index in [-0.39, 0.29) is 30.3 Å². The number of likely N-dealkylation sites (tertiary alicyclic amines) is 1. The monoisotopic (exact) mass is 362 g/mol. The van der Waals surface area contributed by atoms with Gasteiger partial charge in [0.25, 0.3) is 0 Å². The van der Waals surface area contributed by atoms with E-state index in [2.05, 4.69) is 10.1 Å². The standard InChI is InChI=1S/C19H26N2O5/c1-3-26-19(24)16-5-4-10-21(12-16)13-17(22)20-11-14-6-8-15(9-7-14)18(23)25-2/h6-9,16H,3-5,10-13H2,1-2H3,(H,20,22)/t16-/m1/s1. The first-order valence-electron chi connectivity index (χ1n) is 8.86. The van der Waals surface area contributed by atoms with Crippen LogP contribution < -0.4 is 5.32 Å². The molecule has 0 spiro atoms. The van der Waals surface area contributed by atoms with Crippen LogP contribution in [0.3, 0.4) is 0 Å². The van der Waals surface area contributed by atoms with Gasteiger partial charge in [-0.05, 0) is 44.0 Å². The Hall–Kier alpha value is -2.41. The molecule has 1 fully saturated rings. The number of carbonyl (C=O) groups excluding carboxylic acids is 3. The molecule has 1 aromatic carbocycles. The molecule has 1 aromatic rings. The number of nitrogens with zero attached hydrogens (tertiary/aromatic N) is 1. The van der Waals surface area contributed by atoms with Gasteiger partial charge in [-0.2, -0.15) is 0 Å². The van der Waals surface area contributed by atoms with E-state index in [1.807, 2.05) is 4.90 Å². The number of hydrogen-bond donors (Lipinski definition) is 1. The fourth-order valence-electron chi connectivity index (χ4n) is 2.99. The van der Waals surface area contributed by atoms with Crippen molar-refractivity contribution in [2.75, 3.05) is 33.4 Å². The van der Waals surface area contributed by atoms with Crippen molar-refractivity contribution in [2.45, 2.75) is 26.3 Å². The van der Waals surface area contributed by atoms with Crippen molar-refractivity contribution in [3.05, 3.63) is 35.4 Å². The summed E-state index contributed by atoms with van der Waals surface area (Å²) in [6.07, 6.45) is 1.69. The minimum Gasteiger partial charge on any atom is -0.466 e.